The number of anilines is 1. The summed E-state index contributed by atoms with van der Waals surface area (Å²) in [5.74, 6) is 2.12. The van der Waals surface area contributed by atoms with E-state index in [4.69, 9.17) is 4.74 Å². The van der Waals surface area contributed by atoms with Crippen LogP contribution in [0.25, 0.3) is 0 Å². The number of ether oxygens (including phenoxy) is 1. The summed E-state index contributed by atoms with van der Waals surface area (Å²) in [6.07, 6.45) is 5.93. The minimum atomic E-state index is -0.621. The molecule has 0 spiro atoms. The van der Waals surface area contributed by atoms with Gasteiger partial charge in [-0.3, -0.25) is 4.79 Å². The number of alkyl carbamates (subject to hydrolysis) is 1. The summed E-state index contributed by atoms with van der Waals surface area (Å²) < 4.78 is 5.37. The van der Waals surface area contributed by atoms with E-state index in [1.54, 1.807) is 11.8 Å². The molecule has 7 heteroatoms. The van der Waals surface area contributed by atoms with Gasteiger partial charge >= 0.3 is 6.09 Å². The molecular formula is C24H39N3O3S. The fourth-order valence-corrected chi connectivity index (χ4v) is 4.84. The first kappa shape index (κ1) is 25.4. The van der Waals surface area contributed by atoms with Gasteiger partial charge in [0.25, 0.3) is 0 Å². The van der Waals surface area contributed by atoms with Crippen molar-refractivity contribution in [1.29, 1.82) is 0 Å². The molecule has 1 aliphatic carbocycles. The maximum absolute atomic E-state index is 12.9. The zero-order chi connectivity index (χ0) is 22.9. The van der Waals surface area contributed by atoms with E-state index < -0.39 is 17.7 Å². The average Bonchev–Trinajstić information content (AvgIpc) is 2.71. The molecule has 1 saturated carbocycles. The van der Waals surface area contributed by atoms with Crippen molar-refractivity contribution in [2.45, 2.75) is 71.1 Å². The van der Waals surface area contributed by atoms with E-state index in [2.05, 4.69) is 10.6 Å². The van der Waals surface area contributed by atoms with Crippen molar-refractivity contribution in [2.75, 3.05) is 30.5 Å². The number of amides is 2. The first-order valence-corrected chi connectivity index (χ1v) is 12.4. The minimum Gasteiger partial charge on any atom is -0.444 e. The molecule has 6 nitrogen and oxygen atoms in total. The second-order valence-electron chi connectivity index (χ2n) is 9.52. The van der Waals surface area contributed by atoms with Crippen molar-refractivity contribution >= 4 is 29.4 Å². The smallest absolute Gasteiger partial charge is 0.408 e. The molecule has 174 valence electrons. The Balaban J connectivity index is 1.90. The number of carbonyl (C=O) groups is 2. The van der Waals surface area contributed by atoms with Crippen LogP contribution in [0.5, 0.6) is 0 Å². The summed E-state index contributed by atoms with van der Waals surface area (Å²) in [6.45, 7) is 5.87. The molecule has 0 bridgehead atoms. The Morgan fingerprint density at radius 3 is 2.35 bits per heavy atom. The van der Waals surface area contributed by atoms with Gasteiger partial charge in [-0.05, 0) is 63.0 Å². The van der Waals surface area contributed by atoms with Crippen LogP contribution in [0.15, 0.2) is 24.3 Å². The van der Waals surface area contributed by atoms with E-state index in [0.717, 1.165) is 22.9 Å². The highest BCUT2D eigenvalue weighted by molar-refractivity contribution is 7.99. The quantitative estimate of drug-likeness (QED) is 0.578. The lowest BCUT2D eigenvalue weighted by Crippen LogP contribution is -2.49. The standard InChI is InChI=1S/C24H39N3O3S/c1-24(2,3)30-23(29)26-21(17-31-16-19-9-7-6-8-10-19)22(28)25-15-18-11-13-20(14-12-18)27(4)5/h11-14,19,21H,6-10,15-17H2,1-5H3,(H,25,28)(H,26,29)/t21-/m0/s1. The maximum Gasteiger partial charge on any atom is 0.408 e. The Bertz CT molecular complexity index is 695. The molecule has 0 heterocycles. The molecule has 2 amide bonds. The van der Waals surface area contributed by atoms with Gasteiger partial charge < -0.3 is 20.3 Å². The van der Waals surface area contributed by atoms with Crippen LogP contribution in [0.3, 0.4) is 0 Å². The topological polar surface area (TPSA) is 70.7 Å². The number of rotatable bonds is 9. The van der Waals surface area contributed by atoms with Crippen molar-refractivity contribution < 1.29 is 14.3 Å². The first-order chi connectivity index (χ1) is 14.6. The van der Waals surface area contributed by atoms with E-state index in [9.17, 15) is 9.59 Å². The molecule has 0 aromatic heterocycles. The molecule has 2 rings (SSSR count). The molecule has 0 saturated heterocycles. The molecule has 1 aromatic rings. The molecule has 0 unspecified atom stereocenters. The van der Waals surface area contributed by atoms with Gasteiger partial charge in [-0.2, -0.15) is 11.8 Å². The highest BCUT2D eigenvalue weighted by atomic mass is 32.2. The first-order valence-electron chi connectivity index (χ1n) is 11.3. The Labute approximate surface area is 191 Å². The summed E-state index contributed by atoms with van der Waals surface area (Å²) in [6, 6.07) is 7.44. The van der Waals surface area contributed by atoms with Crippen LogP contribution >= 0.6 is 11.8 Å². The lowest BCUT2D eigenvalue weighted by atomic mass is 9.91. The highest BCUT2D eigenvalue weighted by Gasteiger charge is 2.25. The SMILES string of the molecule is CN(C)c1ccc(CNC(=O)[C@H](CSCC2CCCCC2)NC(=O)OC(C)(C)C)cc1. The Hall–Kier alpha value is -1.89. The largest absolute Gasteiger partial charge is 0.444 e. The number of nitrogens with one attached hydrogen (secondary N) is 2. The van der Waals surface area contributed by atoms with Gasteiger partial charge in [0.1, 0.15) is 11.6 Å². The molecule has 1 aromatic carbocycles. The Kier molecular flexibility index (Phi) is 10.0. The summed E-state index contributed by atoms with van der Waals surface area (Å²) >= 11 is 1.75. The van der Waals surface area contributed by atoms with Crippen LogP contribution in [-0.4, -0.2) is 49.2 Å². The monoisotopic (exact) mass is 449 g/mol. The number of benzene rings is 1. The van der Waals surface area contributed by atoms with Crippen LogP contribution in [0.1, 0.15) is 58.4 Å². The van der Waals surface area contributed by atoms with Crippen molar-refractivity contribution in [3.8, 4) is 0 Å². The lowest BCUT2D eigenvalue weighted by molar-refractivity contribution is -0.122. The molecule has 31 heavy (non-hydrogen) atoms. The van der Waals surface area contributed by atoms with Crippen molar-refractivity contribution in [2.24, 2.45) is 5.92 Å². The summed E-state index contributed by atoms with van der Waals surface area (Å²) in [5.41, 5.74) is 1.53. The van der Waals surface area contributed by atoms with Crippen molar-refractivity contribution in [3.63, 3.8) is 0 Å². The number of carbonyl (C=O) groups excluding carboxylic acids is 2. The van der Waals surface area contributed by atoms with E-state index in [1.165, 1.54) is 32.1 Å². The van der Waals surface area contributed by atoms with E-state index in [-0.39, 0.29) is 5.91 Å². The van der Waals surface area contributed by atoms with Crippen molar-refractivity contribution in [3.05, 3.63) is 29.8 Å². The third kappa shape index (κ3) is 9.85. The average molecular weight is 450 g/mol. The van der Waals surface area contributed by atoms with E-state index in [1.807, 2.05) is 64.0 Å². The third-order valence-corrected chi connectivity index (χ3v) is 6.57. The molecule has 0 radical (unpaired) electrons. The molecular weight excluding hydrogens is 410 g/mol. The fourth-order valence-electron chi connectivity index (χ4n) is 3.56. The predicted molar refractivity (Wildman–Crippen MR) is 130 cm³/mol. The Morgan fingerprint density at radius 2 is 1.77 bits per heavy atom. The van der Waals surface area contributed by atoms with Gasteiger partial charge in [-0.15, -0.1) is 0 Å². The fraction of sp³-hybridized carbons (Fsp3) is 0.667. The molecule has 1 fully saturated rings. The third-order valence-electron chi connectivity index (χ3n) is 5.29. The van der Waals surface area contributed by atoms with E-state index >= 15 is 0 Å². The van der Waals surface area contributed by atoms with Gasteiger partial charge in [-0.1, -0.05) is 31.4 Å². The second kappa shape index (κ2) is 12.2. The van der Waals surface area contributed by atoms with Crippen LogP contribution in [0.2, 0.25) is 0 Å². The van der Waals surface area contributed by atoms with Crippen LogP contribution in [0, 0.1) is 5.92 Å². The van der Waals surface area contributed by atoms with Gasteiger partial charge in [0.2, 0.25) is 5.91 Å². The summed E-state index contributed by atoms with van der Waals surface area (Å²) in [7, 11) is 3.99. The zero-order valence-corrected chi connectivity index (χ0v) is 20.5. The molecule has 1 atom stereocenters. The van der Waals surface area contributed by atoms with Crippen LogP contribution in [-0.2, 0) is 16.1 Å². The normalized spacial score (nSPS) is 15.8. The number of thioether (sulfide) groups is 1. The van der Waals surface area contributed by atoms with Gasteiger partial charge in [-0.25, -0.2) is 4.79 Å². The highest BCUT2D eigenvalue weighted by Crippen LogP contribution is 2.27. The second-order valence-corrected chi connectivity index (χ2v) is 10.6. The maximum atomic E-state index is 12.9. The lowest BCUT2D eigenvalue weighted by Gasteiger charge is -2.24. The number of hydrogen-bond donors (Lipinski definition) is 2. The molecule has 2 N–H and O–H groups in total. The van der Waals surface area contributed by atoms with Gasteiger partial charge in [0, 0.05) is 32.1 Å². The predicted octanol–water partition coefficient (Wildman–Crippen LogP) is 4.58. The van der Waals surface area contributed by atoms with Crippen molar-refractivity contribution in [1.82, 2.24) is 10.6 Å². The minimum absolute atomic E-state index is 0.182. The number of hydrogen-bond acceptors (Lipinski definition) is 5. The van der Waals surface area contributed by atoms with Gasteiger partial charge in [0.15, 0.2) is 0 Å². The van der Waals surface area contributed by atoms with Crippen LogP contribution in [0.4, 0.5) is 10.5 Å². The van der Waals surface area contributed by atoms with Crippen LogP contribution < -0.4 is 15.5 Å². The van der Waals surface area contributed by atoms with E-state index in [0.29, 0.717) is 12.3 Å². The summed E-state index contributed by atoms with van der Waals surface area (Å²) in [5, 5.41) is 5.74. The molecule has 1 aliphatic rings. The zero-order valence-electron chi connectivity index (χ0n) is 19.7. The van der Waals surface area contributed by atoms with Gasteiger partial charge in [0.05, 0.1) is 0 Å². The number of nitrogens with zero attached hydrogens (tertiary/aromatic N) is 1. The molecule has 0 aliphatic heterocycles. The summed E-state index contributed by atoms with van der Waals surface area (Å²) in [4.78, 5) is 27.2. The Morgan fingerprint density at radius 1 is 1.13 bits per heavy atom.